The van der Waals surface area contributed by atoms with E-state index >= 15 is 0 Å². The average Bonchev–Trinajstić information content (AvgIpc) is 3.22. The Hall–Kier alpha value is -2.22. The second-order valence-electron chi connectivity index (χ2n) is 6.48. The number of amides is 1. The standard InChI is InChI=1S/C16H23N5O3/c1-9(2)14-18-16(24-21-14)13(11-4-6-23-7-5-11)17-15(22)12-8-10(3)19-20-12/h8-9,11,13H,4-7H2,1-3H3,(H,17,22)(H,19,20)/t13-/m0/s1. The van der Waals surface area contributed by atoms with Gasteiger partial charge >= 0.3 is 0 Å². The van der Waals surface area contributed by atoms with Gasteiger partial charge in [-0.3, -0.25) is 9.89 Å². The summed E-state index contributed by atoms with van der Waals surface area (Å²) in [4.78, 5) is 17.0. The fraction of sp³-hybridized carbons (Fsp3) is 0.625. The molecule has 2 aromatic heterocycles. The number of aryl methyl sites for hydroxylation is 1. The van der Waals surface area contributed by atoms with Gasteiger partial charge in [-0.2, -0.15) is 10.1 Å². The summed E-state index contributed by atoms with van der Waals surface area (Å²) in [5.41, 5.74) is 1.19. The number of rotatable bonds is 5. The monoisotopic (exact) mass is 333 g/mol. The Kier molecular flexibility index (Phi) is 4.94. The molecule has 8 heteroatoms. The Morgan fingerprint density at radius 1 is 1.38 bits per heavy atom. The van der Waals surface area contributed by atoms with E-state index in [1.807, 2.05) is 20.8 Å². The fourth-order valence-electron chi connectivity index (χ4n) is 2.79. The van der Waals surface area contributed by atoms with Crippen molar-refractivity contribution in [2.24, 2.45) is 5.92 Å². The lowest BCUT2D eigenvalue weighted by Crippen LogP contribution is -2.36. The van der Waals surface area contributed by atoms with Crippen molar-refractivity contribution in [1.82, 2.24) is 25.7 Å². The third-order valence-corrected chi connectivity index (χ3v) is 4.20. The lowest BCUT2D eigenvalue weighted by molar-refractivity contribution is 0.0467. The highest BCUT2D eigenvalue weighted by atomic mass is 16.5. The van der Waals surface area contributed by atoms with Crippen LogP contribution in [0.1, 0.15) is 66.5 Å². The Morgan fingerprint density at radius 2 is 2.12 bits per heavy atom. The molecule has 1 amide bonds. The smallest absolute Gasteiger partial charge is 0.272 e. The lowest BCUT2D eigenvalue weighted by atomic mass is 9.91. The first kappa shape index (κ1) is 16.6. The molecule has 0 aromatic carbocycles. The van der Waals surface area contributed by atoms with Crippen LogP contribution < -0.4 is 5.32 Å². The minimum absolute atomic E-state index is 0.169. The number of aromatic nitrogens is 4. The van der Waals surface area contributed by atoms with Crippen LogP contribution in [0, 0.1) is 12.8 Å². The fourth-order valence-corrected chi connectivity index (χ4v) is 2.79. The molecule has 0 saturated carbocycles. The maximum Gasteiger partial charge on any atom is 0.272 e. The van der Waals surface area contributed by atoms with Crippen LogP contribution in [0.4, 0.5) is 0 Å². The zero-order valence-electron chi connectivity index (χ0n) is 14.2. The maximum atomic E-state index is 12.5. The molecular formula is C16H23N5O3. The molecule has 1 fully saturated rings. The number of hydrogen-bond donors (Lipinski definition) is 2. The van der Waals surface area contributed by atoms with Gasteiger partial charge in [-0.15, -0.1) is 0 Å². The Labute approximate surface area is 140 Å². The number of carbonyl (C=O) groups excluding carboxylic acids is 1. The predicted octanol–water partition coefficient (Wildman–Crippen LogP) is 2.12. The Balaban J connectivity index is 1.82. The molecule has 2 N–H and O–H groups in total. The van der Waals surface area contributed by atoms with Gasteiger partial charge in [0.15, 0.2) is 5.82 Å². The summed E-state index contributed by atoms with van der Waals surface area (Å²) in [5, 5.41) is 13.8. The normalized spacial score (nSPS) is 17.2. The van der Waals surface area contributed by atoms with Crippen molar-refractivity contribution >= 4 is 5.91 Å². The third kappa shape index (κ3) is 3.64. The molecule has 0 aliphatic carbocycles. The van der Waals surface area contributed by atoms with E-state index in [0.717, 1.165) is 18.5 Å². The molecule has 24 heavy (non-hydrogen) atoms. The van der Waals surface area contributed by atoms with Crippen molar-refractivity contribution in [2.75, 3.05) is 13.2 Å². The molecule has 0 spiro atoms. The number of aromatic amines is 1. The molecule has 8 nitrogen and oxygen atoms in total. The number of carbonyl (C=O) groups is 1. The van der Waals surface area contributed by atoms with Crippen LogP contribution in [0.5, 0.6) is 0 Å². The van der Waals surface area contributed by atoms with E-state index in [4.69, 9.17) is 9.26 Å². The van der Waals surface area contributed by atoms with Crippen LogP contribution in [0.3, 0.4) is 0 Å². The third-order valence-electron chi connectivity index (χ3n) is 4.20. The molecular weight excluding hydrogens is 310 g/mol. The van der Waals surface area contributed by atoms with E-state index in [0.29, 0.717) is 30.6 Å². The highest BCUT2D eigenvalue weighted by Crippen LogP contribution is 2.30. The van der Waals surface area contributed by atoms with Crippen molar-refractivity contribution < 1.29 is 14.1 Å². The maximum absolute atomic E-state index is 12.5. The Bertz CT molecular complexity index is 687. The molecule has 3 rings (SSSR count). The number of H-pyrrole nitrogens is 1. The van der Waals surface area contributed by atoms with Crippen molar-refractivity contribution in [1.29, 1.82) is 0 Å². The summed E-state index contributed by atoms with van der Waals surface area (Å²) in [7, 11) is 0. The SMILES string of the molecule is Cc1cc(C(=O)N[C@H](c2nc(C(C)C)no2)C2CCOCC2)n[nH]1. The number of nitrogens with zero attached hydrogens (tertiary/aromatic N) is 3. The topological polar surface area (TPSA) is 106 Å². The van der Waals surface area contributed by atoms with Gasteiger partial charge in [0.2, 0.25) is 5.89 Å². The molecule has 1 saturated heterocycles. The van der Waals surface area contributed by atoms with E-state index in [-0.39, 0.29) is 23.8 Å². The predicted molar refractivity (Wildman–Crippen MR) is 85.5 cm³/mol. The van der Waals surface area contributed by atoms with Gasteiger partial charge in [0, 0.05) is 24.8 Å². The van der Waals surface area contributed by atoms with Gasteiger partial charge in [-0.1, -0.05) is 19.0 Å². The van der Waals surface area contributed by atoms with Gasteiger partial charge in [0.05, 0.1) is 0 Å². The highest BCUT2D eigenvalue weighted by molar-refractivity contribution is 5.92. The molecule has 1 atom stereocenters. The van der Waals surface area contributed by atoms with Crippen LogP contribution in [0.2, 0.25) is 0 Å². The molecule has 130 valence electrons. The van der Waals surface area contributed by atoms with Crippen LogP contribution >= 0.6 is 0 Å². The summed E-state index contributed by atoms with van der Waals surface area (Å²) >= 11 is 0. The first-order valence-electron chi connectivity index (χ1n) is 8.28. The van der Waals surface area contributed by atoms with E-state index < -0.39 is 0 Å². The summed E-state index contributed by atoms with van der Waals surface area (Å²) in [6.45, 7) is 7.20. The van der Waals surface area contributed by atoms with Gasteiger partial charge in [0.1, 0.15) is 11.7 Å². The number of ether oxygens (including phenoxy) is 1. The largest absolute Gasteiger partial charge is 0.381 e. The zero-order valence-corrected chi connectivity index (χ0v) is 14.2. The van der Waals surface area contributed by atoms with Gasteiger partial charge < -0.3 is 14.6 Å². The van der Waals surface area contributed by atoms with Crippen LogP contribution in [-0.4, -0.2) is 39.5 Å². The number of hydrogen-bond acceptors (Lipinski definition) is 6. The Morgan fingerprint density at radius 3 is 2.71 bits per heavy atom. The van der Waals surface area contributed by atoms with Crippen LogP contribution in [0.25, 0.3) is 0 Å². The summed E-state index contributed by atoms with van der Waals surface area (Å²) in [5.74, 6) is 1.21. The van der Waals surface area contributed by atoms with Gasteiger partial charge in [-0.05, 0) is 31.7 Å². The first-order chi connectivity index (χ1) is 11.5. The van der Waals surface area contributed by atoms with Crippen molar-refractivity contribution in [2.45, 2.75) is 45.6 Å². The van der Waals surface area contributed by atoms with Gasteiger partial charge in [-0.25, -0.2) is 0 Å². The van der Waals surface area contributed by atoms with E-state index in [9.17, 15) is 4.79 Å². The van der Waals surface area contributed by atoms with Crippen molar-refractivity contribution in [3.63, 3.8) is 0 Å². The van der Waals surface area contributed by atoms with E-state index in [1.54, 1.807) is 6.07 Å². The van der Waals surface area contributed by atoms with Crippen LogP contribution in [-0.2, 0) is 4.74 Å². The summed E-state index contributed by atoms with van der Waals surface area (Å²) in [6.07, 6.45) is 1.67. The lowest BCUT2D eigenvalue weighted by Gasteiger charge is -2.28. The van der Waals surface area contributed by atoms with Gasteiger partial charge in [0.25, 0.3) is 5.91 Å². The van der Waals surface area contributed by atoms with E-state index in [1.165, 1.54) is 0 Å². The average molecular weight is 333 g/mol. The highest BCUT2D eigenvalue weighted by Gasteiger charge is 2.32. The van der Waals surface area contributed by atoms with Crippen molar-refractivity contribution in [3.05, 3.63) is 29.2 Å². The molecule has 0 radical (unpaired) electrons. The number of nitrogens with one attached hydrogen (secondary N) is 2. The molecule has 1 aliphatic heterocycles. The summed E-state index contributed by atoms with van der Waals surface area (Å²) < 4.78 is 10.9. The first-order valence-corrected chi connectivity index (χ1v) is 8.28. The second kappa shape index (κ2) is 7.12. The van der Waals surface area contributed by atoms with Crippen LogP contribution in [0.15, 0.2) is 10.6 Å². The quantitative estimate of drug-likeness (QED) is 0.868. The van der Waals surface area contributed by atoms with E-state index in [2.05, 4.69) is 25.7 Å². The zero-order chi connectivity index (χ0) is 17.1. The molecule has 2 aromatic rings. The minimum Gasteiger partial charge on any atom is -0.381 e. The summed E-state index contributed by atoms with van der Waals surface area (Å²) in [6, 6.07) is 1.38. The molecule has 3 heterocycles. The molecule has 0 unspecified atom stereocenters. The minimum atomic E-state index is -0.335. The van der Waals surface area contributed by atoms with Crippen molar-refractivity contribution in [3.8, 4) is 0 Å². The molecule has 1 aliphatic rings. The molecule has 0 bridgehead atoms. The second-order valence-corrected chi connectivity index (χ2v) is 6.48.